The first-order valence-electron chi connectivity index (χ1n) is 5.35. The molecule has 0 aliphatic heterocycles. The van der Waals surface area contributed by atoms with Gasteiger partial charge >= 0.3 is 0 Å². The lowest BCUT2D eigenvalue weighted by Gasteiger charge is -2.03. The van der Waals surface area contributed by atoms with E-state index in [0.717, 1.165) is 22.7 Å². The molecule has 17 heavy (non-hydrogen) atoms. The van der Waals surface area contributed by atoms with Crippen LogP contribution in [0, 0.1) is 0 Å². The fourth-order valence-corrected chi connectivity index (χ4v) is 1.48. The first-order chi connectivity index (χ1) is 8.31. The highest BCUT2D eigenvalue weighted by molar-refractivity contribution is 5.28. The van der Waals surface area contributed by atoms with Gasteiger partial charge in [-0.25, -0.2) is 9.97 Å². The van der Waals surface area contributed by atoms with E-state index < -0.39 is 0 Å². The van der Waals surface area contributed by atoms with E-state index in [-0.39, 0.29) is 6.61 Å². The monoisotopic (exact) mass is 230 g/mol. The number of rotatable bonds is 4. The van der Waals surface area contributed by atoms with Crippen molar-refractivity contribution in [3.63, 3.8) is 0 Å². The van der Waals surface area contributed by atoms with E-state index in [1.165, 1.54) is 0 Å². The molecule has 0 aliphatic carbocycles. The summed E-state index contributed by atoms with van der Waals surface area (Å²) in [5.74, 6) is 1.58. The van der Waals surface area contributed by atoms with E-state index in [4.69, 9.17) is 9.84 Å². The molecule has 1 heterocycles. The molecular weight excluding hydrogens is 216 g/mol. The van der Waals surface area contributed by atoms with Gasteiger partial charge in [0.05, 0.1) is 13.7 Å². The lowest BCUT2D eigenvalue weighted by molar-refractivity contribution is 0.280. The third-order valence-corrected chi connectivity index (χ3v) is 2.46. The molecule has 0 saturated carbocycles. The molecule has 0 aliphatic rings. The van der Waals surface area contributed by atoms with Gasteiger partial charge in [0.15, 0.2) is 0 Å². The lowest BCUT2D eigenvalue weighted by Crippen LogP contribution is -1.98. The maximum Gasteiger partial charge on any atom is 0.132 e. The summed E-state index contributed by atoms with van der Waals surface area (Å²) in [6, 6.07) is 7.80. The predicted molar refractivity (Wildman–Crippen MR) is 63.8 cm³/mol. The summed E-state index contributed by atoms with van der Waals surface area (Å²) in [6.45, 7) is -0.0250. The molecule has 0 bridgehead atoms. The number of ether oxygens (including phenoxy) is 1. The molecule has 0 fully saturated rings. The highest BCUT2D eigenvalue weighted by atomic mass is 16.5. The molecule has 1 aromatic heterocycles. The summed E-state index contributed by atoms with van der Waals surface area (Å²) >= 11 is 0. The zero-order chi connectivity index (χ0) is 12.1. The number of aliphatic hydroxyl groups excluding tert-OH is 1. The van der Waals surface area contributed by atoms with Crippen LogP contribution >= 0.6 is 0 Å². The molecule has 0 saturated heterocycles. The zero-order valence-corrected chi connectivity index (χ0v) is 9.63. The first-order valence-corrected chi connectivity index (χ1v) is 5.35. The van der Waals surface area contributed by atoms with Gasteiger partial charge in [0, 0.05) is 24.4 Å². The lowest BCUT2D eigenvalue weighted by atomic mass is 10.1. The SMILES string of the molecule is COc1ccc(Cc2ncc(CO)cn2)cc1. The van der Waals surface area contributed by atoms with E-state index in [2.05, 4.69) is 9.97 Å². The van der Waals surface area contributed by atoms with Gasteiger partial charge in [0.2, 0.25) is 0 Å². The predicted octanol–water partition coefficient (Wildman–Crippen LogP) is 1.57. The Morgan fingerprint density at radius 2 is 1.71 bits per heavy atom. The Labute approximate surface area is 99.9 Å². The molecule has 0 unspecified atom stereocenters. The number of benzene rings is 1. The second-order valence-corrected chi connectivity index (χ2v) is 3.69. The van der Waals surface area contributed by atoms with Gasteiger partial charge in [-0.3, -0.25) is 0 Å². The van der Waals surface area contributed by atoms with Crippen LogP contribution in [0.5, 0.6) is 5.75 Å². The average Bonchev–Trinajstić information content (AvgIpc) is 2.40. The number of aliphatic hydroxyl groups is 1. The van der Waals surface area contributed by atoms with Crippen LogP contribution in [0.4, 0.5) is 0 Å². The number of hydrogen-bond acceptors (Lipinski definition) is 4. The Bertz CT molecular complexity index is 420. The molecule has 0 spiro atoms. The summed E-state index contributed by atoms with van der Waals surface area (Å²) in [4.78, 5) is 8.37. The number of aromatic nitrogens is 2. The Morgan fingerprint density at radius 3 is 2.24 bits per heavy atom. The van der Waals surface area contributed by atoms with Crippen LogP contribution in [0.25, 0.3) is 0 Å². The average molecular weight is 230 g/mol. The smallest absolute Gasteiger partial charge is 0.132 e. The maximum atomic E-state index is 8.88. The van der Waals surface area contributed by atoms with Crippen LogP contribution in [0.1, 0.15) is 17.0 Å². The highest BCUT2D eigenvalue weighted by Gasteiger charge is 2.00. The standard InChI is InChI=1S/C13H14N2O2/c1-17-12-4-2-10(3-5-12)6-13-14-7-11(9-16)8-15-13/h2-5,7-8,16H,6,9H2,1H3. The topological polar surface area (TPSA) is 55.2 Å². The van der Waals surface area contributed by atoms with Crippen LogP contribution in [0.15, 0.2) is 36.7 Å². The van der Waals surface area contributed by atoms with Gasteiger partial charge in [-0.05, 0) is 17.7 Å². The molecule has 2 rings (SSSR count). The van der Waals surface area contributed by atoms with Gasteiger partial charge in [-0.1, -0.05) is 12.1 Å². The van der Waals surface area contributed by atoms with E-state index in [1.54, 1.807) is 19.5 Å². The number of nitrogens with zero attached hydrogens (tertiary/aromatic N) is 2. The minimum absolute atomic E-state index is 0.0250. The molecule has 0 atom stereocenters. The Morgan fingerprint density at radius 1 is 1.06 bits per heavy atom. The van der Waals surface area contributed by atoms with Crippen molar-refractivity contribution in [2.24, 2.45) is 0 Å². The summed E-state index contributed by atoms with van der Waals surface area (Å²) in [5.41, 5.74) is 1.85. The number of hydrogen-bond donors (Lipinski definition) is 1. The van der Waals surface area contributed by atoms with Crippen LogP contribution in [-0.2, 0) is 13.0 Å². The zero-order valence-electron chi connectivity index (χ0n) is 9.63. The van der Waals surface area contributed by atoms with Crippen LogP contribution in [0.2, 0.25) is 0 Å². The van der Waals surface area contributed by atoms with Gasteiger partial charge in [0.25, 0.3) is 0 Å². The van der Waals surface area contributed by atoms with Crippen molar-refractivity contribution in [2.75, 3.05) is 7.11 Å². The van der Waals surface area contributed by atoms with Crippen LogP contribution in [-0.4, -0.2) is 22.2 Å². The highest BCUT2D eigenvalue weighted by Crippen LogP contribution is 2.13. The third kappa shape index (κ3) is 3.01. The summed E-state index contributed by atoms with van der Waals surface area (Å²) < 4.78 is 5.09. The van der Waals surface area contributed by atoms with Crippen molar-refractivity contribution in [3.05, 3.63) is 53.6 Å². The van der Waals surface area contributed by atoms with Crippen molar-refractivity contribution in [1.29, 1.82) is 0 Å². The van der Waals surface area contributed by atoms with Gasteiger partial charge < -0.3 is 9.84 Å². The Hall–Kier alpha value is -1.94. The Kier molecular flexibility index (Phi) is 3.67. The van der Waals surface area contributed by atoms with E-state index in [9.17, 15) is 0 Å². The van der Waals surface area contributed by atoms with Crippen molar-refractivity contribution >= 4 is 0 Å². The second kappa shape index (κ2) is 5.41. The van der Waals surface area contributed by atoms with Gasteiger partial charge in [0.1, 0.15) is 11.6 Å². The van der Waals surface area contributed by atoms with E-state index >= 15 is 0 Å². The van der Waals surface area contributed by atoms with Crippen molar-refractivity contribution < 1.29 is 9.84 Å². The maximum absolute atomic E-state index is 8.88. The van der Waals surface area contributed by atoms with Crippen molar-refractivity contribution in [3.8, 4) is 5.75 Å². The fourth-order valence-electron chi connectivity index (χ4n) is 1.48. The molecular formula is C13H14N2O2. The summed E-state index contributed by atoms with van der Waals surface area (Å²) in [5, 5.41) is 8.88. The quantitative estimate of drug-likeness (QED) is 0.866. The number of methoxy groups -OCH3 is 1. The normalized spacial score (nSPS) is 10.2. The third-order valence-electron chi connectivity index (χ3n) is 2.46. The molecule has 0 amide bonds. The molecule has 1 N–H and O–H groups in total. The van der Waals surface area contributed by atoms with Gasteiger partial charge in [-0.2, -0.15) is 0 Å². The molecule has 4 nitrogen and oxygen atoms in total. The summed E-state index contributed by atoms with van der Waals surface area (Å²) in [6.07, 6.45) is 3.97. The minimum Gasteiger partial charge on any atom is -0.497 e. The molecule has 88 valence electrons. The molecule has 4 heteroatoms. The molecule has 1 aromatic carbocycles. The van der Waals surface area contributed by atoms with Crippen LogP contribution in [0.3, 0.4) is 0 Å². The Balaban J connectivity index is 2.08. The van der Waals surface area contributed by atoms with Crippen LogP contribution < -0.4 is 4.74 Å². The van der Waals surface area contributed by atoms with Crippen molar-refractivity contribution in [1.82, 2.24) is 9.97 Å². The first kappa shape index (κ1) is 11.5. The van der Waals surface area contributed by atoms with Crippen molar-refractivity contribution in [2.45, 2.75) is 13.0 Å². The summed E-state index contributed by atoms with van der Waals surface area (Å²) in [7, 11) is 1.64. The van der Waals surface area contributed by atoms with E-state index in [0.29, 0.717) is 6.42 Å². The molecule has 0 radical (unpaired) electrons. The minimum atomic E-state index is -0.0250. The van der Waals surface area contributed by atoms with Gasteiger partial charge in [-0.15, -0.1) is 0 Å². The second-order valence-electron chi connectivity index (χ2n) is 3.69. The molecule has 2 aromatic rings. The largest absolute Gasteiger partial charge is 0.497 e. The fraction of sp³-hybridized carbons (Fsp3) is 0.231. The van der Waals surface area contributed by atoms with E-state index in [1.807, 2.05) is 24.3 Å².